The first-order valence-electron chi connectivity index (χ1n) is 11.5. The summed E-state index contributed by atoms with van der Waals surface area (Å²) in [4.78, 5) is 32.2. The highest BCUT2D eigenvalue weighted by Crippen LogP contribution is 2.45. The molecule has 1 aliphatic rings. The number of sulfone groups is 1. The van der Waals surface area contributed by atoms with E-state index in [1.807, 2.05) is 37.3 Å². The quantitative estimate of drug-likeness (QED) is 0.355. The van der Waals surface area contributed by atoms with E-state index in [1.54, 1.807) is 29.7 Å². The van der Waals surface area contributed by atoms with E-state index in [0.29, 0.717) is 11.5 Å². The SMILES string of the molecule is CCOc1ccc(-c2ccc(C3(CC(=O)NO)CCN(C(=O)c4ccccn4)CCS3(=O)=O)s2)cc1. The summed E-state index contributed by atoms with van der Waals surface area (Å²) in [6.45, 7) is 2.55. The van der Waals surface area contributed by atoms with Crippen LogP contribution in [-0.4, -0.2) is 60.8 Å². The number of hydroxylamine groups is 1. The Labute approximate surface area is 213 Å². The normalized spacial score (nSPS) is 19.3. The number of pyridine rings is 1. The van der Waals surface area contributed by atoms with E-state index in [0.717, 1.165) is 16.2 Å². The lowest BCUT2D eigenvalue weighted by Crippen LogP contribution is -2.41. The average Bonchev–Trinajstić information content (AvgIpc) is 3.34. The molecule has 2 aromatic heterocycles. The Kier molecular flexibility index (Phi) is 7.72. The number of hydrogen-bond donors (Lipinski definition) is 2. The molecule has 2 amide bonds. The monoisotopic (exact) mass is 529 g/mol. The van der Waals surface area contributed by atoms with Gasteiger partial charge in [0, 0.05) is 29.0 Å². The van der Waals surface area contributed by atoms with E-state index in [4.69, 9.17) is 4.74 Å². The first-order valence-corrected chi connectivity index (χ1v) is 14.0. The van der Waals surface area contributed by atoms with Gasteiger partial charge in [-0.1, -0.05) is 6.07 Å². The maximum absolute atomic E-state index is 13.7. The molecule has 11 heteroatoms. The van der Waals surface area contributed by atoms with Crippen LogP contribution in [0.4, 0.5) is 0 Å². The number of amides is 2. The Morgan fingerprint density at radius 3 is 2.58 bits per heavy atom. The molecule has 1 saturated heterocycles. The summed E-state index contributed by atoms with van der Waals surface area (Å²) in [6.07, 6.45) is 1.05. The van der Waals surface area contributed by atoms with Gasteiger partial charge in [0.2, 0.25) is 5.91 Å². The number of carbonyl (C=O) groups excluding carboxylic acids is 2. The van der Waals surface area contributed by atoms with Crippen LogP contribution in [0, 0.1) is 0 Å². The number of carbonyl (C=O) groups is 2. The van der Waals surface area contributed by atoms with Crippen LogP contribution in [0.2, 0.25) is 0 Å². The first kappa shape index (κ1) is 25.8. The number of nitrogens with zero attached hydrogens (tertiary/aromatic N) is 2. The number of rotatable bonds is 7. The second kappa shape index (κ2) is 10.8. The molecule has 0 radical (unpaired) electrons. The van der Waals surface area contributed by atoms with Crippen LogP contribution in [0.15, 0.2) is 60.8 Å². The fraction of sp³-hybridized carbons (Fsp3) is 0.320. The molecule has 0 aliphatic carbocycles. The molecule has 9 nitrogen and oxygen atoms in total. The second-order valence-electron chi connectivity index (χ2n) is 8.40. The van der Waals surface area contributed by atoms with Gasteiger partial charge in [0.1, 0.15) is 16.2 Å². The molecule has 4 rings (SSSR count). The van der Waals surface area contributed by atoms with Crippen LogP contribution < -0.4 is 10.2 Å². The zero-order valence-corrected chi connectivity index (χ0v) is 21.3. The third kappa shape index (κ3) is 5.13. The van der Waals surface area contributed by atoms with Gasteiger partial charge in [-0.15, -0.1) is 11.3 Å². The van der Waals surface area contributed by atoms with Crippen molar-refractivity contribution in [3.05, 3.63) is 71.4 Å². The van der Waals surface area contributed by atoms with Crippen molar-refractivity contribution in [2.24, 2.45) is 0 Å². The summed E-state index contributed by atoms with van der Waals surface area (Å²) in [6, 6.07) is 16.0. The smallest absolute Gasteiger partial charge is 0.272 e. The summed E-state index contributed by atoms with van der Waals surface area (Å²) in [5.74, 6) is -0.757. The topological polar surface area (TPSA) is 126 Å². The standard InChI is InChI=1S/C25H27N3O6S2/c1-2-34-19-8-6-18(7-9-19)21-10-11-22(35-21)25(17-23(29)27-31)12-14-28(15-16-36(25,32)33)24(30)20-5-3-4-13-26-20/h3-11,13,31H,2,12,14-17H2,1H3,(H,27,29). The predicted octanol–water partition coefficient (Wildman–Crippen LogP) is 3.26. The Hall–Kier alpha value is -3.28. The van der Waals surface area contributed by atoms with Crippen molar-refractivity contribution < 1.29 is 28.0 Å². The molecule has 190 valence electrons. The lowest BCUT2D eigenvalue weighted by molar-refractivity contribution is -0.129. The maximum atomic E-state index is 13.7. The molecule has 1 aliphatic heterocycles. The molecule has 1 atom stereocenters. The number of ether oxygens (including phenoxy) is 1. The van der Waals surface area contributed by atoms with E-state index in [9.17, 15) is 23.2 Å². The predicted molar refractivity (Wildman–Crippen MR) is 136 cm³/mol. The van der Waals surface area contributed by atoms with Gasteiger partial charge in [0.25, 0.3) is 5.91 Å². The van der Waals surface area contributed by atoms with Gasteiger partial charge in [0.15, 0.2) is 9.84 Å². The van der Waals surface area contributed by atoms with Crippen LogP contribution in [0.3, 0.4) is 0 Å². The molecule has 0 spiro atoms. The van der Waals surface area contributed by atoms with Gasteiger partial charge < -0.3 is 9.64 Å². The first-order chi connectivity index (χ1) is 17.3. The van der Waals surface area contributed by atoms with E-state index >= 15 is 0 Å². The molecule has 3 aromatic rings. The summed E-state index contributed by atoms with van der Waals surface area (Å²) < 4.78 is 31.3. The average molecular weight is 530 g/mol. The molecule has 1 unspecified atom stereocenters. The molecular formula is C25H27N3O6S2. The minimum absolute atomic E-state index is 0.00452. The third-order valence-electron chi connectivity index (χ3n) is 6.26. The maximum Gasteiger partial charge on any atom is 0.272 e. The van der Waals surface area contributed by atoms with E-state index in [-0.39, 0.29) is 36.9 Å². The van der Waals surface area contributed by atoms with Gasteiger partial charge in [-0.3, -0.25) is 19.8 Å². The summed E-state index contributed by atoms with van der Waals surface area (Å²) >= 11 is 1.28. The van der Waals surface area contributed by atoms with Crippen molar-refractivity contribution in [1.82, 2.24) is 15.4 Å². The fourth-order valence-corrected chi connectivity index (χ4v) is 7.95. The van der Waals surface area contributed by atoms with Crippen molar-refractivity contribution in [1.29, 1.82) is 0 Å². The van der Waals surface area contributed by atoms with Crippen LogP contribution in [0.25, 0.3) is 10.4 Å². The Morgan fingerprint density at radius 1 is 1.14 bits per heavy atom. The van der Waals surface area contributed by atoms with E-state index in [2.05, 4.69) is 4.98 Å². The second-order valence-corrected chi connectivity index (χ2v) is 11.9. The lowest BCUT2D eigenvalue weighted by atomic mass is 9.97. The molecule has 0 bridgehead atoms. The summed E-state index contributed by atoms with van der Waals surface area (Å²) in [5, 5.41) is 9.23. The molecule has 3 heterocycles. The van der Waals surface area contributed by atoms with Gasteiger partial charge in [0.05, 0.1) is 18.8 Å². The van der Waals surface area contributed by atoms with Crippen LogP contribution >= 0.6 is 11.3 Å². The highest BCUT2D eigenvalue weighted by Gasteiger charge is 2.50. The largest absolute Gasteiger partial charge is 0.494 e. The molecule has 1 fully saturated rings. The highest BCUT2D eigenvalue weighted by molar-refractivity contribution is 7.92. The molecule has 0 saturated carbocycles. The van der Waals surface area contributed by atoms with Gasteiger partial charge >= 0.3 is 0 Å². The minimum atomic E-state index is -3.91. The van der Waals surface area contributed by atoms with Crippen molar-refractivity contribution in [3.63, 3.8) is 0 Å². The molecule has 1 aromatic carbocycles. The van der Waals surface area contributed by atoms with Crippen LogP contribution in [-0.2, 0) is 19.4 Å². The minimum Gasteiger partial charge on any atom is -0.494 e. The Bertz CT molecular complexity index is 1330. The van der Waals surface area contributed by atoms with Crippen molar-refractivity contribution in [2.45, 2.75) is 24.5 Å². The van der Waals surface area contributed by atoms with Crippen LogP contribution in [0.5, 0.6) is 5.75 Å². The fourth-order valence-electron chi connectivity index (χ4n) is 4.34. The molecule has 2 N–H and O–H groups in total. The van der Waals surface area contributed by atoms with Crippen molar-refractivity contribution >= 4 is 33.0 Å². The summed E-state index contributed by atoms with van der Waals surface area (Å²) in [5.41, 5.74) is 2.69. The van der Waals surface area contributed by atoms with E-state index in [1.165, 1.54) is 22.4 Å². The number of hydrogen-bond acceptors (Lipinski definition) is 8. The number of benzene rings is 1. The number of nitrogens with one attached hydrogen (secondary N) is 1. The zero-order valence-electron chi connectivity index (χ0n) is 19.7. The van der Waals surface area contributed by atoms with Crippen molar-refractivity contribution in [2.75, 3.05) is 25.4 Å². The van der Waals surface area contributed by atoms with Gasteiger partial charge in [-0.25, -0.2) is 13.9 Å². The molecule has 36 heavy (non-hydrogen) atoms. The third-order valence-corrected chi connectivity index (χ3v) is 10.2. The van der Waals surface area contributed by atoms with Crippen molar-refractivity contribution in [3.8, 4) is 16.2 Å². The molecular weight excluding hydrogens is 502 g/mol. The number of thiophene rings is 1. The zero-order chi connectivity index (χ0) is 25.8. The Morgan fingerprint density at radius 2 is 1.92 bits per heavy atom. The van der Waals surface area contributed by atoms with Crippen LogP contribution in [0.1, 0.15) is 35.1 Å². The highest BCUT2D eigenvalue weighted by atomic mass is 32.2. The Balaban J connectivity index is 1.69. The number of aromatic nitrogens is 1. The van der Waals surface area contributed by atoms with Gasteiger partial charge in [-0.2, -0.15) is 0 Å². The lowest BCUT2D eigenvalue weighted by Gasteiger charge is -2.30. The van der Waals surface area contributed by atoms with E-state index < -0.39 is 26.9 Å². The summed E-state index contributed by atoms with van der Waals surface area (Å²) in [7, 11) is -3.91. The van der Waals surface area contributed by atoms with Gasteiger partial charge in [-0.05, 0) is 67.4 Å².